The van der Waals surface area contributed by atoms with Gasteiger partial charge in [-0.3, -0.25) is 4.79 Å². The third-order valence-corrected chi connectivity index (χ3v) is 5.37. The molecule has 1 saturated heterocycles. The largest absolute Gasteiger partial charge is 0.480 e. The first kappa shape index (κ1) is 14.9. The molecule has 1 saturated carbocycles. The zero-order chi connectivity index (χ0) is 15.1. The highest BCUT2D eigenvalue weighted by Gasteiger charge is 2.49. The molecule has 1 N–H and O–H groups in total. The normalized spacial score (nSPS) is 27.7. The van der Waals surface area contributed by atoms with Crippen molar-refractivity contribution in [3.63, 3.8) is 0 Å². The van der Waals surface area contributed by atoms with Crippen molar-refractivity contribution in [2.24, 2.45) is 11.8 Å². The number of nitrogens with zero attached hydrogens (tertiary/aromatic N) is 1. The van der Waals surface area contributed by atoms with Gasteiger partial charge in [-0.15, -0.1) is 0 Å². The number of carbonyl (C=O) groups excluding carboxylic acids is 1. The molecule has 1 amide bonds. The molecule has 1 aliphatic heterocycles. The topological polar surface area (TPSA) is 57.6 Å². The number of amides is 1. The van der Waals surface area contributed by atoms with Gasteiger partial charge in [-0.1, -0.05) is 34.0 Å². The lowest BCUT2D eigenvalue weighted by Crippen LogP contribution is -2.43. The Kier molecular flexibility index (Phi) is 3.97. The van der Waals surface area contributed by atoms with E-state index < -0.39 is 12.0 Å². The van der Waals surface area contributed by atoms with Crippen LogP contribution in [0.25, 0.3) is 0 Å². The minimum atomic E-state index is -0.911. The highest BCUT2D eigenvalue weighted by molar-refractivity contribution is 9.10. The number of hydrogen-bond donors (Lipinski definition) is 1. The van der Waals surface area contributed by atoms with Gasteiger partial charge < -0.3 is 10.0 Å². The van der Waals surface area contributed by atoms with Crippen molar-refractivity contribution in [2.75, 3.05) is 6.54 Å². The van der Waals surface area contributed by atoms with E-state index >= 15 is 0 Å². The highest BCUT2D eigenvalue weighted by atomic mass is 79.9. The average Bonchev–Trinajstić information content (AvgIpc) is 2.96. The third-order valence-electron chi connectivity index (χ3n) is 4.57. The zero-order valence-electron chi connectivity index (χ0n) is 11.3. The van der Waals surface area contributed by atoms with Crippen molar-refractivity contribution in [1.29, 1.82) is 0 Å². The molecule has 2 aliphatic rings. The van der Waals surface area contributed by atoms with Gasteiger partial charge in [0.1, 0.15) is 6.04 Å². The van der Waals surface area contributed by atoms with Gasteiger partial charge in [0.2, 0.25) is 0 Å². The van der Waals surface area contributed by atoms with Crippen molar-refractivity contribution in [3.8, 4) is 0 Å². The zero-order valence-corrected chi connectivity index (χ0v) is 13.6. The monoisotopic (exact) mass is 371 g/mol. The van der Waals surface area contributed by atoms with Crippen LogP contribution < -0.4 is 0 Å². The van der Waals surface area contributed by atoms with Gasteiger partial charge >= 0.3 is 5.97 Å². The van der Waals surface area contributed by atoms with Crippen LogP contribution in [-0.4, -0.2) is 34.5 Å². The average molecular weight is 373 g/mol. The molecule has 3 unspecified atom stereocenters. The Hall–Kier alpha value is -1.07. The molecule has 1 aromatic rings. The number of carbonyl (C=O) groups is 2. The lowest BCUT2D eigenvalue weighted by atomic mass is 9.94. The second kappa shape index (κ2) is 5.61. The highest BCUT2D eigenvalue weighted by Crippen LogP contribution is 2.43. The van der Waals surface area contributed by atoms with E-state index in [0.717, 1.165) is 23.7 Å². The van der Waals surface area contributed by atoms with Gasteiger partial charge in [0.15, 0.2) is 0 Å². The fraction of sp³-hybridized carbons (Fsp3) is 0.467. The summed E-state index contributed by atoms with van der Waals surface area (Å²) in [4.78, 5) is 25.8. The Morgan fingerprint density at radius 1 is 1.33 bits per heavy atom. The minimum absolute atomic E-state index is 0.0840. The van der Waals surface area contributed by atoms with Gasteiger partial charge in [0.25, 0.3) is 5.91 Å². The molecule has 3 atom stereocenters. The molecule has 6 heteroatoms. The lowest BCUT2D eigenvalue weighted by molar-refractivity contribution is -0.142. The van der Waals surface area contributed by atoms with Crippen LogP contribution in [0.3, 0.4) is 0 Å². The molecule has 2 fully saturated rings. The van der Waals surface area contributed by atoms with Crippen LogP contribution in [0.15, 0.2) is 22.7 Å². The van der Waals surface area contributed by atoms with Crippen LogP contribution in [-0.2, 0) is 4.79 Å². The molecular formula is C15H15BrClNO3. The molecule has 0 bridgehead atoms. The van der Waals surface area contributed by atoms with Crippen molar-refractivity contribution in [2.45, 2.75) is 25.3 Å². The SMILES string of the molecule is O=C(O)C1C2CCCC2CN1C(=O)c1ccc(Br)cc1Cl. The fourth-order valence-electron chi connectivity index (χ4n) is 3.65. The van der Waals surface area contributed by atoms with Crippen LogP contribution in [0.5, 0.6) is 0 Å². The van der Waals surface area contributed by atoms with Gasteiger partial charge in [-0.2, -0.15) is 0 Å². The maximum Gasteiger partial charge on any atom is 0.326 e. The lowest BCUT2D eigenvalue weighted by Gasteiger charge is -2.24. The molecule has 1 aromatic carbocycles. The minimum Gasteiger partial charge on any atom is -0.480 e. The molecular weight excluding hydrogens is 358 g/mol. The van der Waals surface area contributed by atoms with Crippen LogP contribution in [0.1, 0.15) is 29.6 Å². The number of likely N-dealkylation sites (tertiary alicyclic amines) is 1. The van der Waals surface area contributed by atoms with E-state index in [0.29, 0.717) is 23.0 Å². The summed E-state index contributed by atoms with van der Waals surface area (Å²) < 4.78 is 0.789. The van der Waals surface area contributed by atoms with Crippen molar-refractivity contribution >= 4 is 39.4 Å². The summed E-state index contributed by atoms with van der Waals surface area (Å²) in [5.74, 6) is -0.801. The molecule has 3 rings (SSSR count). The molecule has 0 radical (unpaired) electrons. The van der Waals surface area contributed by atoms with Crippen LogP contribution in [0, 0.1) is 11.8 Å². The van der Waals surface area contributed by atoms with E-state index in [1.54, 1.807) is 18.2 Å². The summed E-state index contributed by atoms with van der Waals surface area (Å²) in [5.41, 5.74) is 0.367. The molecule has 0 spiro atoms. The summed E-state index contributed by atoms with van der Waals surface area (Å²) in [6, 6.07) is 4.32. The van der Waals surface area contributed by atoms with Crippen molar-refractivity contribution < 1.29 is 14.7 Å². The van der Waals surface area contributed by atoms with Crippen molar-refractivity contribution in [1.82, 2.24) is 4.90 Å². The maximum absolute atomic E-state index is 12.7. The van der Waals surface area contributed by atoms with Crippen molar-refractivity contribution in [3.05, 3.63) is 33.3 Å². The van der Waals surface area contributed by atoms with Gasteiger partial charge in [0, 0.05) is 11.0 Å². The van der Waals surface area contributed by atoms with E-state index in [9.17, 15) is 14.7 Å². The molecule has 4 nitrogen and oxygen atoms in total. The predicted molar refractivity (Wildman–Crippen MR) is 82.4 cm³/mol. The molecule has 112 valence electrons. The summed E-state index contributed by atoms with van der Waals surface area (Å²) in [6.07, 6.45) is 2.95. The van der Waals surface area contributed by atoms with E-state index in [4.69, 9.17) is 11.6 Å². The molecule has 1 aliphatic carbocycles. The molecule has 0 aromatic heterocycles. The standard InChI is InChI=1S/C15H15BrClNO3/c16-9-4-5-11(12(17)6-9)14(19)18-7-8-2-1-3-10(8)13(18)15(20)21/h4-6,8,10,13H,1-3,7H2,(H,20,21). The van der Waals surface area contributed by atoms with Gasteiger partial charge in [-0.25, -0.2) is 4.79 Å². The molecule has 21 heavy (non-hydrogen) atoms. The number of benzene rings is 1. The predicted octanol–water partition coefficient (Wildman–Crippen LogP) is 3.43. The number of carboxylic acids is 1. The van der Waals surface area contributed by atoms with Crippen LogP contribution in [0.4, 0.5) is 0 Å². The number of hydrogen-bond acceptors (Lipinski definition) is 2. The van der Waals surface area contributed by atoms with Gasteiger partial charge in [0.05, 0.1) is 10.6 Å². The second-order valence-corrected chi connectivity index (χ2v) is 7.04. The quantitative estimate of drug-likeness (QED) is 0.865. The summed E-state index contributed by atoms with van der Waals surface area (Å²) in [6.45, 7) is 0.521. The first-order valence-electron chi connectivity index (χ1n) is 6.98. The first-order chi connectivity index (χ1) is 9.99. The van der Waals surface area contributed by atoms with E-state index in [-0.39, 0.29) is 11.8 Å². The van der Waals surface area contributed by atoms with E-state index in [1.807, 2.05) is 0 Å². The Morgan fingerprint density at radius 3 is 2.76 bits per heavy atom. The smallest absolute Gasteiger partial charge is 0.326 e. The first-order valence-corrected chi connectivity index (χ1v) is 8.15. The number of halogens is 2. The Morgan fingerprint density at radius 2 is 2.10 bits per heavy atom. The Labute approximate surface area is 136 Å². The summed E-state index contributed by atoms with van der Waals surface area (Å²) in [7, 11) is 0. The maximum atomic E-state index is 12.7. The number of fused-ring (bicyclic) bond motifs is 1. The summed E-state index contributed by atoms with van der Waals surface area (Å²) in [5, 5.41) is 9.85. The number of carboxylic acid groups (broad SMARTS) is 1. The van der Waals surface area contributed by atoms with E-state index in [1.165, 1.54) is 4.90 Å². The number of rotatable bonds is 2. The number of aliphatic carboxylic acids is 1. The summed E-state index contributed by atoms with van der Waals surface area (Å²) >= 11 is 9.43. The fourth-order valence-corrected chi connectivity index (χ4v) is 4.40. The Balaban J connectivity index is 1.91. The van der Waals surface area contributed by atoms with E-state index in [2.05, 4.69) is 15.9 Å². The van der Waals surface area contributed by atoms with Crippen LogP contribution in [0.2, 0.25) is 5.02 Å². The second-order valence-electron chi connectivity index (χ2n) is 5.72. The van der Waals surface area contributed by atoms with Crippen LogP contribution >= 0.6 is 27.5 Å². The molecule has 1 heterocycles. The Bertz CT molecular complexity index is 607. The van der Waals surface area contributed by atoms with Gasteiger partial charge in [-0.05, 0) is 42.9 Å². The third kappa shape index (κ3) is 2.57.